The zero-order valence-corrected chi connectivity index (χ0v) is 14.2. The van der Waals surface area contributed by atoms with Crippen LogP contribution < -0.4 is 10.5 Å². The fourth-order valence-corrected chi connectivity index (χ4v) is 4.89. The molecular formula is C14H21BrN2O2S. The van der Waals surface area contributed by atoms with E-state index >= 15 is 0 Å². The van der Waals surface area contributed by atoms with E-state index in [2.05, 4.69) is 20.7 Å². The third-order valence-corrected chi connectivity index (χ3v) is 6.50. The lowest BCUT2D eigenvalue weighted by atomic mass is 10.1. The van der Waals surface area contributed by atoms with Crippen LogP contribution in [-0.2, 0) is 10.0 Å². The lowest BCUT2D eigenvalue weighted by molar-refractivity contribution is 0.452. The molecule has 0 heterocycles. The van der Waals surface area contributed by atoms with Crippen molar-refractivity contribution in [1.82, 2.24) is 4.72 Å². The van der Waals surface area contributed by atoms with Gasteiger partial charge in [-0.2, -0.15) is 0 Å². The van der Waals surface area contributed by atoms with Gasteiger partial charge in [0.1, 0.15) is 0 Å². The maximum atomic E-state index is 12.6. The molecule has 0 aliphatic heterocycles. The van der Waals surface area contributed by atoms with E-state index in [1.54, 1.807) is 6.07 Å². The first-order valence-electron chi connectivity index (χ1n) is 6.84. The Morgan fingerprint density at radius 3 is 2.65 bits per heavy atom. The topological polar surface area (TPSA) is 72.2 Å². The first-order chi connectivity index (χ1) is 9.35. The van der Waals surface area contributed by atoms with Gasteiger partial charge in [0.2, 0.25) is 10.0 Å². The second-order valence-corrected chi connectivity index (χ2v) is 8.06. The van der Waals surface area contributed by atoms with Crippen molar-refractivity contribution >= 4 is 26.0 Å². The molecule has 1 saturated carbocycles. The van der Waals surface area contributed by atoms with Gasteiger partial charge in [-0.25, -0.2) is 13.1 Å². The highest BCUT2D eigenvalue weighted by Gasteiger charge is 2.31. The third kappa shape index (κ3) is 3.24. The molecule has 0 amide bonds. The monoisotopic (exact) mass is 360 g/mol. The van der Waals surface area contributed by atoms with E-state index in [9.17, 15) is 8.42 Å². The molecule has 1 fully saturated rings. The summed E-state index contributed by atoms with van der Waals surface area (Å²) >= 11 is 3.42. The van der Waals surface area contributed by atoms with Gasteiger partial charge in [-0.3, -0.25) is 0 Å². The Balaban J connectivity index is 2.29. The summed E-state index contributed by atoms with van der Waals surface area (Å²) in [5.41, 5.74) is 7.38. The van der Waals surface area contributed by atoms with E-state index in [-0.39, 0.29) is 12.0 Å². The van der Waals surface area contributed by atoms with Crippen LogP contribution in [0.5, 0.6) is 0 Å². The molecule has 0 saturated heterocycles. The summed E-state index contributed by atoms with van der Waals surface area (Å²) in [6, 6.07) is 3.53. The summed E-state index contributed by atoms with van der Waals surface area (Å²) in [5.74, 6) is 0.252. The molecule has 2 atom stereocenters. The predicted molar refractivity (Wildman–Crippen MR) is 84.1 cm³/mol. The maximum absolute atomic E-state index is 12.6. The van der Waals surface area contributed by atoms with E-state index in [0.29, 0.717) is 11.4 Å². The highest BCUT2D eigenvalue weighted by Crippen LogP contribution is 2.28. The molecule has 1 aliphatic rings. The smallest absolute Gasteiger partial charge is 0.241 e. The van der Waals surface area contributed by atoms with Crippen molar-refractivity contribution in [2.45, 2.75) is 44.0 Å². The van der Waals surface area contributed by atoms with E-state index < -0.39 is 10.0 Å². The van der Waals surface area contributed by atoms with Crippen molar-refractivity contribution in [2.75, 3.05) is 6.54 Å². The van der Waals surface area contributed by atoms with Crippen LogP contribution in [0.1, 0.15) is 30.4 Å². The highest BCUT2D eigenvalue weighted by molar-refractivity contribution is 9.10. The Bertz CT molecular complexity index is 601. The second-order valence-electron chi connectivity index (χ2n) is 5.52. The Morgan fingerprint density at radius 1 is 1.30 bits per heavy atom. The minimum atomic E-state index is -3.48. The largest absolute Gasteiger partial charge is 0.330 e. The first kappa shape index (κ1) is 15.9. The van der Waals surface area contributed by atoms with Gasteiger partial charge < -0.3 is 5.73 Å². The fraction of sp³-hybridized carbons (Fsp3) is 0.571. The molecule has 0 bridgehead atoms. The predicted octanol–water partition coefficient (Wildman–Crippen LogP) is 2.47. The van der Waals surface area contributed by atoms with Gasteiger partial charge in [-0.15, -0.1) is 0 Å². The lowest BCUT2D eigenvalue weighted by Gasteiger charge is -2.20. The van der Waals surface area contributed by atoms with E-state index in [4.69, 9.17) is 5.73 Å². The molecule has 20 heavy (non-hydrogen) atoms. The summed E-state index contributed by atoms with van der Waals surface area (Å²) in [6.45, 7) is 4.24. The summed E-state index contributed by atoms with van der Waals surface area (Å²) in [7, 11) is -3.48. The molecule has 2 rings (SSSR count). The van der Waals surface area contributed by atoms with E-state index in [1.807, 2.05) is 19.9 Å². The van der Waals surface area contributed by atoms with Gasteiger partial charge in [0.25, 0.3) is 0 Å². The number of hydrogen-bond donors (Lipinski definition) is 2. The molecule has 0 radical (unpaired) electrons. The van der Waals surface area contributed by atoms with Crippen molar-refractivity contribution in [3.63, 3.8) is 0 Å². The highest BCUT2D eigenvalue weighted by atomic mass is 79.9. The van der Waals surface area contributed by atoms with Crippen LogP contribution in [0, 0.1) is 19.8 Å². The minimum Gasteiger partial charge on any atom is -0.330 e. The average Bonchev–Trinajstić information content (AvgIpc) is 2.80. The number of hydrogen-bond acceptors (Lipinski definition) is 3. The van der Waals surface area contributed by atoms with Crippen LogP contribution in [0.4, 0.5) is 0 Å². The number of aryl methyl sites for hydroxylation is 2. The van der Waals surface area contributed by atoms with E-state index in [1.165, 1.54) is 0 Å². The third-order valence-electron chi connectivity index (χ3n) is 4.01. The first-order valence-corrected chi connectivity index (χ1v) is 9.12. The van der Waals surface area contributed by atoms with Crippen molar-refractivity contribution in [2.24, 2.45) is 11.7 Å². The molecule has 1 aromatic carbocycles. The van der Waals surface area contributed by atoms with Crippen molar-refractivity contribution in [1.29, 1.82) is 0 Å². The molecule has 3 N–H and O–H groups in total. The summed E-state index contributed by atoms with van der Waals surface area (Å²) in [4.78, 5) is 0.362. The van der Waals surface area contributed by atoms with Gasteiger partial charge in [-0.05, 0) is 62.4 Å². The molecule has 6 heteroatoms. The maximum Gasteiger partial charge on any atom is 0.241 e. The fourth-order valence-electron chi connectivity index (χ4n) is 2.78. The van der Waals surface area contributed by atoms with Crippen LogP contribution in [0.25, 0.3) is 0 Å². The Hall–Kier alpha value is -0.430. The number of nitrogens with two attached hydrogens (primary N) is 1. The molecule has 0 aromatic heterocycles. The van der Waals surface area contributed by atoms with Crippen LogP contribution in [-0.4, -0.2) is 21.0 Å². The number of sulfonamides is 1. The van der Waals surface area contributed by atoms with Crippen LogP contribution in [0.2, 0.25) is 0 Å². The zero-order chi connectivity index (χ0) is 14.9. The van der Waals surface area contributed by atoms with Crippen LogP contribution in [0.3, 0.4) is 0 Å². The number of nitrogens with one attached hydrogen (secondary N) is 1. The van der Waals surface area contributed by atoms with Gasteiger partial charge in [0, 0.05) is 10.5 Å². The van der Waals surface area contributed by atoms with Gasteiger partial charge >= 0.3 is 0 Å². The Labute approximate surface area is 129 Å². The van der Waals surface area contributed by atoms with Crippen molar-refractivity contribution < 1.29 is 8.42 Å². The lowest BCUT2D eigenvalue weighted by Crippen LogP contribution is -2.40. The normalized spacial score (nSPS) is 23.2. The quantitative estimate of drug-likeness (QED) is 0.865. The summed E-state index contributed by atoms with van der Waals surface area (Å²) < 4.78 is 28.9. The molecule has 112 valence electrons. The van der Waals surface area contributed by atoms with Crippen LogP contribution >= 0.6 is 15.9 Å². The number of rotatable bonds is 4. The SMILES string of the molecule is Cc1cc(S(=O)(=O)NC2CCCC2CN)c(C)cc1Br. The second kappa shape index (κ2) is 6.13. The van der Waals surface area contributed by atoms with Crippen molar-refractivity contribution in [3.8, 4) is 0 Å². The Morgan fingerprint density at radius 2 is 2.00 bits per heavy atom. The van der Waals surface area contributed by atoms with E-state index in [0.717, 1.165) is 34.9 Å². The molecular weight excluding hydrogens is 340 g/mol. The average molecular weight is 361 g/mol. The summed E-state index contributed by atoms with van der Waals surface area (Å²) in [5, 5.41) is 0. The van der Waals surface area contributed by atoms with Gasteiger partial charge in [0.05, 0.1) is 4.90 Å². The Kier molecular flexibility index (Phi) is 4.89. The molecule has 2 unspecified atom stereocenters. The van der Waals surface area contributed by atoms with Crippen LogP contribution in [0.15, 0.2) is 21.5 Å². The number of halogens is 1. The standard InChI is InChI=1S/C14H21BrN2O2S/c1-9-7-14(10(2)6-12(9)15)20(18,19)17-13-5-3-4-11(13)8-16/h6-7,11,13,17H,3-5,8,16H2,1-2H3. The molecule has 1 aromatic rings. The number of benzene rings is 1. The van der Waals surface area contributed by atoms with Crippen molar-refractivity contribution in [3.05, 3.63) is 27.7 Å². The molecule has 4 nitrogen and oxygen atoms in total. The van der Waals surface area contributed by atoms with Gasteiger partial charge in [0.15, 0.2) is 0 Å². The molecule has 1 aliphatic carbocycles. The van der Waals surface area contributed by atoms with Gasteiger partial charge in [-0.1, -0.05) is 22.4 Å². The zero-order valence-electron chi connectivity index (χ0n) is 11.8. The summed E-state index contributed by atoms with van der Waals surface area (Å²) in [6.07, 6.45) is 2.91. The molecule has 0 spiro atoms. The minimum absolute atomic E-state index is 0.0339.